The molecule has 0 amide bonds. The van der Waals surface area contributed by atoms with E-state index in [0.717, 1.165) is 17.3 Å². The molecule has 0 aliphatic carbocycles. The van der Waals surface area contributed by atoms with Crippen molar-refractivity contribution in [1.29, 1.82) is 0 Å². The number of hydrogen-bond acceptors (Lipinski definition) is 1. The highest BCUT2D eigenvalue weighted by Gasteiger charge is 2.39. The SMILES string of the molecule is C[SH](C)C1CC2CCC1N2. The van der Waals surface area contributed by atoms with Crippen LogP contribution in [-0.2, 0) is 0 Å². The van der Waals surface area contributed by atoms with Gasteiger partial charge in [-0.1, -0.05) is 0 Å². The predicted octanol–water partition coefficient (Wildman–Crippen LogP) is 1.14. The molecule has 2 bridgehead atoms. The lowest BCUT2D eigenvalue weighted by atomic mass is 10.0. The summed E-state index contributed by atoms with van der Waals surface area (Å²) in [4.78, 5) is 0. The number of nitrogens with one attached hydrogen (secondary N) is 1. The predicted molar refractivity (Wildman–Crippen MR) is 49.2 cm³/mol. The maximum atomic E-state index is 3.68. The summed E-state index contributed by atoms with van der Waals surface area (Å²) in [6.45, 7) is 0. The zero-order valence-corrected chi connectivity index (χ0v) is 7.70. The molecule has 60 valence electrons. The first-order valence-corrected chi connectivity index (χ1v) is 6.50. The molecule has 0 spiro atoms. The summed E-state index contributed by atoms with van der Waals surface area (Å²) in [6, 6.07) is 1.81. The van der Waals surface area contributed by atoms with Crippen molar-refractivity contribution in [2.45, 2.75) is 36.6 Å². The summed E-state index contributed by atoms with van der Waals surface area (Å²) in [5.41, 5.74) is 0. The van der Waals surface area contributed by atoms with Crippen LogP contribution >= 0.6 is 10.9 Å². The molecule has 2 rings (SSSR count). The highest BCUT2D eigenvalue weighted by atomic mass is 32.2. The quantitative estimate of drug-likeness (QED) is 0.547. The van der Waals surface area contributed by atoms with E-state index in [4.69, 9.17) is 0 Å². The first-order chi connectivity index (χ1) is 4.77. The summed E-state index contributed by atoms with van der Waals surface area (Å²) < 4.78 is 0. The minimum atomic E-state index is 0.321. The fraction of sp³-hybridized carbons (Fsp3) is 1.00. The van der Waals surface area contributed by atoms with Gasteiger partial charge in [-0.25, -0.2) is 0 Å². The van der Waals surface area contributed by atoms with Crippen molar-refractivity contribution in [1.82, 2.24) is 5.32 Å². The second kappa shape index (κ2) is 2.42. The minimum absolute atomic E-state index is 0.321. The highest BCUT2D eigenvalue weighted by molar-refractivity contribution is 8.16. The maximum absolute atomic E-state index is 3.68. The van der Waals surface area contributed by atoms with Crippen molar-refractivity contribution >= 4 is 10.9 Å². The zero-order chi connectivity index (χ0) is 7.14. The minimum Gasteiger partial charge on any atom is -0.310 e. The van der Waals surface area contributed by atoms with Crippen LogP contribution in [0.15, 0.2) is 0 Å². The Kier molecular flexibility index (Phi) is 1.69. The van der Waals surface area contributed by atoms with Crippen LogP contribution in [0.25, 0.3) is 0 Å². The van der Waals surface area contributed by atoms with Crippen molar-refractivity contribution < 1.29 is 0 Å². The molecule has 1 N–H and O–H groups in total. The molecule has 2 aliphatic heterocycles. The Morgan fingerprint density at radius 1 is 1.30 bits per heavy atom. The van der Waals surface area contributed by atoms with Gasteiger partial charge >= 0.3 is 0 Å². The van der Waals surface area contributed by atoms with E-state index in [0.29, 0.717) is 10.9 Å². The third-order valence-electron chi connectivity index (χ3n) is 2.93. The van der Waals surface area contributed by atoms with Crippen molar-refractivity contribution in [2.24, 2.45) is 0 Å². The first-order valence-electron chi connectivity index (χ1n) is 4.20. The Morgan fingerprint density at radius 2 is 2.10 bits per heavy atom. The van der Waals surface area contributed by atoms with Crippen LogP contribution in [0.5, 0.6) is 0 Å². The molecule has 2 aliphatic rings. The van der Waals surface area contributed by atoms with Crippen LogP contribution in [-0.4, -0.2) is 29.8 Å². The average molecular weight is 159 g/mol. The largest absolute Gasteiger partial charge is 0.310 e. The molecule has 0 saturated carbocycles. The molecule has 2 saturated heterocycles. The van der Waals surface area contributed by atoms with Gasteiger partial charge in [-0.2, -0.15) is 0 Å². The molecule has 0 radical (unpaired) electrons. The lowest BCUT2D eigenvalue weighted by Gasteiger charge is -2.26. The Hall–Kier alpha value is 0.310. The number of thiol groups is 1. The molecular formula is C8H17NS. The number of fused-ring (bicyclic) bond motifs is 2. The summed E-state index contributed by atoms with van der Waals surface area (Å²) in [6.07, 6.45) is 9.22. The second-order valence-electron chi connectivity index (χ2n) is 3.81. The summed E-state index contributed by atoms with van der Waals surface area (Å²) in [5, 5.41) is 4.73. The van der Waals surface area contributed by atoms with Gasteiger partial charge in [0.1, 0.15) is 0 Å². The van der Waals surface area contributed by atoms with Gasteiger partial charge in [0.05, 0.1) is 0 Å². The molecular weight excluding hydrogens is 142 g/mol. The molecule has 0 aromatic carbocycles. The Morgan fingerprint density at radius 3 is 2.40 bits per heavy atom. The van der Waals surface area contributed by atoms with Crippen LogP contribution in [0.1, 0.15) is 19.3 Å². The summed E-state index contributed by atoms with van der Waals surface area (Å²) in [7, 11) is 0.321. The number of rotatable bonds is 1. The van der Waals surface area contributed by atoms with Crippen molar-refractivity contribution in [3.8, 4) is 0 Å². The average Bonchev–Trinajstić information content (AvgIpc) is 2.44. The highest BCUT2D eigenvalue weighted by Crippen LogP contribution is 2.40. The molecule has 0 aromatic rings. The van der Waals surface area contributed by atoms with Gasteiger partial charge in [0.15, 0.2) is 0 Å². The molecule has 1 nitrogen and oxygen atoms in total. The Balaban J connectivity index is 2.02. The fourth-order valence-electron chi connectivity index (χ4n) is 2.37. The third kappa shape index (κ3) is 0.978. The van der Waals surface area contributed by atoms with E-state index in [1.54, 1.807) is 0 Å². The third-order valence-corrected chi connectivity index (χ3v) is 4.83. The summed E-state index contributed by atoms with van der Waals surface area (Å²) in [5.74, 6) is 0. The van der Waals surface area contributed by atoms with Gasteiger partial charge in [-0.3, -0.25) is 10.9 Å². The van der Waals surface area contributed by atoms with Gasteiger partial charge in [-0.15, -0.1) is 0 Å². The molecule has 2 heteroatoms. The van der Waals surface area contributed by atoms with Gasteiger partial charge < -0.3 is 5.32 Å². The zero-order valence-electron chi connectivity index (χ0n) is 6.80. The van der Waals surface area contributed by atoms with E-state index in [2.05, 4.69) is 17.8 Å². The molecule has 2 fully saturated rings. The Labute approximate surface area is 65.9 Å². The van der Waals surface area contributed by atoms with E-state index < -0.39 is 0 Å². The number of hydrogen-bond donors (Lipinski definition) is 2. The van der Waals surface area contributed by atoms with Crippen molar-refractivity contribution in [3.63, 3.8) is 0 Å². The van der Waals surface area contributed by atoms with Crippen LogP contribution in [0.3, 0.4) is 0 Å². The van der Waals surface area contributed by atoms with E-state index in [1.807, 2.05) is 0 Å². The van der Waals surface area contributed by atoms with Crippen molar-refractivity contribution in [2.75, 3.05) is 12.5 Å². The van der Waals surface area contributed by atoms with E-state index in [1.165, 1.54) is 19.3 Å². The lowest BCUT2D eigenvalue weighted by Crippen LogP contribution is -2.26. The topological polar surface area (TPSA) is 12.0 Å². The van der Waals surface area contributed by atoms with Gasteiger partial charge in [0.25, 0.3) is 0 Å². The van der Waals surface area contributed by atoms with Crippen molar-refractivity contribution in [3.05, 3.63) is 0 Å². The standard InChI is InChI=1S/C8H17NS/c1-10(2)8-5-6-3-4-7(8)9-6/h6-10H,3-5H2,1-2H3. The van der Waals surface area contributed by atoms with Gasteiger partial charge in [0.2, 0.25) is 0 Å². The van der Waals surface area contributed by atoms with Gasteiger partial charge in [0, 0.05) is 17.3 Å². The lowest BCUT2D eigenvalue weighted by molar-refractivity contribution is 0.587. The fourth-order valence-corrected chi connectivity index (χ4v) is 4.00. The van der Waals surface area contributed by atoms with Gasteiger partial charge in [-0.05, 0) is 31.8 Å². The van der Waals surface area contributed by atoms with Crippen LogP contribution in [0.2, 0.25) is 0 Å². The second-order valence-corrected chi connectivity index (χ2v) is 6.40. The van der Waals surface area contributed by atoms with E-state index in [-0.39, 0.29) is 0 Å². The molecule has 3 unspecified atom stereocenters. The smallest absolute Gasteiger partial charge is 0.0173 e. The van der Waals surface area contributed by atoms with Crippen LogP contribution < -0.4 is 5.32 Å². The van der Waals surface area contributed by atoms with E-state index in [9.17, 15) is 0 Å². The monoisotopic (exact) mass is 159 g/mol. The first kappa shape index (κ1) is 6.99. The van der Waals surface area contributed by atoms with Crippen LogP contribution in [0, 0.1) is 0 Å². The molecule has 0 aromatic heterocycles. The van der Waals surface area contributed by atoms with E-state index >= 15 is 0 Å². The molecule has 3 atom stereocenters. The normalized spacial score (nSPS) is 46.2. The van der Waals surface area contributed by atoms with Crippen LogP contribution in [0.4, 0.5) is 0 Å². The molecule has 10 heavy (non-hydrogen) atoms. The Bertz CT molecular complexity index is 135. The maximum Gasteiger partial charge on any atom is 0.0173 e. The summed E-state index contributed by atoms with van der Waals surface area (Å²) >= 11 is 0. The molecule has 2 heterocycles.